The van der Waals surface area contributed by atoms with Crippen molar-refractivity contribution in [2.24, 2.45) is 0 Å². The average Bonchev–Trinajstić information content (AvgIpc) is 2.46. The minimum absolute atomic E-state index is 0.0388. The average molecular weight is 326 g/mol. The molecule has 0 fully saturated rings. The van der Waals surface area contributed by atoms with Gasteiger partial charge in [-0.2, -0.15) is 0 Å². The van der Waals surface area contributed by atoms with Crippen molar-refractivity contribution >= 4 is 23.9 Å². The fourth-order valence-electron chi connectivity index (χ4n) is 1.48. The molecule has 0 saturated heterocycles. The number of hydrogen-bond acceptors (Lipinski definition) is 7. The van der Waals surface area contributed by atoms with E-state index in [0.717, 1.165) is 0 Å². The fraction of sp³-hybridized carbons (Fsp3) is 0.500. The van der Waals surface area contributed by atoms with Gasteiger partial charge in [-0.3, -0.25) is 19.2 Å². The molecule has 0 aromatic rings. The van der Waals surface area contributed by atoms with E-state index in [0.29, 0.717) is 6.42 Å². The van der Waals surface area contributed by atoms with E-state index in [1.165, 1.54) is 19.9 Å². The first-order valence-corrected chi connectivity index (χ1v) is 7.16. The first-order chi connectivity index (χ1) is 10.8. The number of carbonyl (C=O) groups excluding carboxylic acids is 4. The third-order valence-corrected chi connectivity index (χ3v) is 2.51. The lowest BCUT2D eigenvalue weighted by molar-refractivity contribution is -0.160. The van der Waals surface area contributed by atoms with Crippen molar-refractivity contribution in [2.45, 2.75) is 45.6 Å². The lowest BCUT2D eigenvalue weighted by Gasteiger charge is -2.11. The molecule has 0 aliphatic rings. The van der Waals surface area contributed by atoms with Gasteiger partial charge in [-0.05, 0) is 12.8 Å². The number of allylic oxidation sites excluding steroid dienone is 1. The highest BCUT2D eigenvalue weighted by Crippen LogP contribution is 2.06. The molecule has 0 heterocycles. The summed E-state index contributed by atoms with van der Waals surface area (Å²) in [6, 6.07) is 0. The van der Waals surface area contributed by atoms with Crippen LogP contribution in [0.25, 0.3) is 0 Å². The van der Waals surface area contributed by atoms with Gasteiger partial charge in [0.1, 0.15) is 12.7 Å². The minimum Gasteiger partial charge on any atom is -0.462 e. The largest absolute Gasteiger partial charge is 0.462 e. The third-order valence-electron chi connectivity index (χ3n) is 2.51. The van der Waals surface area contributed by atoms with E-state index in [-0.39, 0.29) is 31.8 Å². The monoisotopic (exact) mass is 326 g/mol. The lowest BCUT2D eigenvalue weighted by atomic mass is 10.2. The molecule has 0 bridgehead atoms. The Morgan fingerprint density at radius 2 is 1.65 bits per heavy atom. The Labute approximate surface area is 135 Å². The smallest absolute Gasteiger partial charge is 0.313 e. The van der Waals surface area contributed by atoms with Gasteiger partial charge in [0.2, 0.25) is 0 Å². The van der Waals surface area contributed by atoms with Gasteiger partial charge < -0.3 is 14.2 Å². The van der Waals surface area contributed by atoms with E-state index >= 15 is 0 Å². The topological polar surface area (TPSA) is 96.0 Å². The summed E-state index contributed by atoms with van der Waals surface area (Å²) >= 11 is 0. The molecule has 128 valence electrons. The molecule has 0 spiro atoms. The van der Waals surface area contributed by atoms with Gasteiger partial charge >= 0.3 is 23.9 Å². The van der Waals surface area contributed by atoms with Crippen LogP contribution >= 0.6 is 0 Å². The van der Waals surface area contributed by atoms with Gasteiger partial charge in [-0.1, -0.05) is 24.8 Å². The molecule has 7 heteroatoms. The van der Waals surface area contributed by atoms with Crippen molar-refractivity contribution < 1.29 is 33.4 Å². The van der Waals surface area contributed by atoms with Crippen molar-refractivity contribution in [1.29, 1.82) is 0 Å². The highest BCUT2D eigenvalue weighted by atomic mass is 16.6. The Bertz CT molecular complexity index is 465. The third kappa shape index (κ3) is 13.0. The first-order valence-electron chi connectivity index (χ1n) is 7.16. The molecule has 0 amide bonds. The molecule has 1 unspecified atom stereocenters. The van der Waals surface area contributed by atoms with Crippen LogP contribution in [0.5, 0.6) is 0 Å². The number of hydrogen-bond donors (Lipinski definition) is 0. The molecule has 0 saturated carbocycles. The van der Waals surface area contributed by atoms with Crippen molar-refractivity contribution in [3.63, 3.8) is 0 Å². The van der Waals surface area contributed by atoms with Crippen LogP contribution in [0.3, 0.4) is 0 Å². The zero-order chi connectivity index (χ0) is 17.7. The van der Waals surface area contributed by atoms with Crippen LogP contribution in [0, 0.1) is 0 Å². The van der Waals surface area contributed by atoms with Gasteiger partial charge in [0.25, 0.3) is 0 Å². The molecule has 1 atom stereocenters. The van der Waals surface area contributed by atoms with E-state index < -0.39 is 24.0 Å². The summed E-state index contributed by atoms with van der Waals surface area (Å²) < 4.78 is 14.2. The molecular weight excluding hydrogens is 304 g/mol. The van der Waals surface area contributed by atoms with Gasteiger partial charge in [0, 0.05) is 26.7 Å². The summed E-state index contributed by atoms with van der Waals surface area (Å²) in [5, 5.41) is 0. The molecular formula is C16H22O7. The molecule has 0 aliphatic carbocycles. The predicted octanol–water partition coefficient (Wildman–Crippen LogP) is 1.85. The zero-order valence-electron chi connectivity index (χ0n) is 13.4. The maximum absolute atomic E-state index is 11.5. The summed E-state index contributed by atoms with van der Waals surface area (Å²) in [4.78, 5) is 44.2. The van der Waals surface area contributed by atoms with Crippen LogP contribution in [0.4, 0.5) is 0 Å². The van der Waals surface area contributed by atoms with E-state index in [9.17, 15) is 19.2 Å². The van der Waals surface area contributed by atoms with Crippen LogP contribution in [0.1, 0.15) is 39.5 Å². The van der Waals surface area contributed by atoms with E-state index in [2.05, 4.69) is 16.1 Å². The summed E-state index contributed by atoms with van der Waals surface area (Å²) in [7, 11) is 0. The molecule has 0 aromatic heterocycles. The van der Waals surface area contributed by atoms with E-state index in [4.69, 9.17) is 4.74 Å². The second kappa shape index (κ2) is 12.1. The van der Waals surface area contributed by atoms with Crippen molar-refractivity contribution in [3.8, 4) is 0 Å². The summed E-state index contributed by atoms with van der Waals surface area (Å²) in [5.41, 5.74) is 0. The van der Waals surface area contributed by atoms with Crippen molar-refractivity contribution in [3.05, 3.63) is 24.8 Å². The van der Waals surface area contributed by atoms with Crippen molar-refractivity contribution in [2.75, 3.05) is 6.61 Å². The molecule has 0 aromatic carbocycles. The van der Waals surface area contributed by atoms with Gasteiger partial charge in [0.05, 0.1) is 0 Å². The number of carbonyl (C=O) groups is 4. The van der Waals surface area contributed by atoms with Crippen LogP contribution in [-0.4, -0.2) is 36.6 Å². The number of rotatable bonds is 10. The molecule has 0 N–H and O–H groups in total. The number of esters is 4. The predicted molar refractivity (Wildman–Crippen MR) is 81.1 cm³/mol. The van der Waals surface area contributed by atoms with Crippen LogP contribution in [0.2, 0.25) is 0 Å². The highest BCUT2D eigenvalue weighted by molar-refractivity contribution is 5.85. The second-order valence-corrected chi connectivity index (χ2v) is 4.58. The normalized spacial score (nSPS) is 11.6. The molecule has 0 aliphatic heterocycles. The van der Waals surface area contributed by atoms with Gasteiger partial charge in [0.15, 0.2) is 0 Å². The molecule has 0 radical (unpaired) electrons. The number of ether oxygens (including phenoxy) is 3. The summed E-state index contributed by atoms with van der Waals surface area (Å²) in [5.74, 6) is -2.18. The van der Waals surface area contributed by atoms with Crippen LogP contribution < -0.4 is 0 Å². The van der Waals surface area contributed by atoms with E-state index in [1.54, 1.807) is 12.2 Å². The fourth-order valence-corrected chi connectivity index (χ4v) is 1.48. The van der Waals surface area contributed by atoms with Crippen LogP contribution in [-0.2, 0) is 33.4 Å². The molecule has 7 nitrogen and oxygen atoms in total. The quantitative estimate of drug-likeness (QED) is 0.261. The standard InChI is InChI=1S/C16H22O7/c1-4-14(22-13(3)18)9-10-16(20)23-15(19)8-6-5-7-11-21-12(2)17/h4-5,7,14H,1,6,8-11H2,2-3H3. The maximum Gasteiger partial charge on any atom is 0.313 e. The summed E-state index contributed by atoms with van der Waals surface area (Å²) in [6.07, 6.45) is 4.64. The van der Waals surface area contributed by atoms with Gasteiger partial charge in [-0.25, -0.2) is 0 Å². The first kappa shape index (κ1) is 20.6. The Morgan fingerprint density at radius 1 is 1.00 bits per heavy atom. The summed E-state index contributed by atoms with van der Waals surface area (Å²) in [6.45, 7) is 6.19. The Morgan fingerprint density at radius 3 is 2.22 bits per heavy atom. The van der Waals surface area contributed by atoms with Gasteiger partial charge in [-0.15, -0.1) is 0 Å². The Kier molecular flexibility index (Phi) is 10.9. The Balaban J connectivity index is 3.88. The Hall–Kier alpha value is -2.44. The maximum atomic E-state index is 11.5. The van der Waals surface area contributed by atoms with Crippen molar-refractivity contribution in [1.82, 2.24) is 0 Å². The minimum atomic E-state index is -0.683. The molecule has 0 rings (SSSR count). The highest BCUT2D eigenvalue weighted by Gasteiger charge is 2.14. The lowest BCUT2D eigenvalue weighted by Crippen LogP contribution is -2.17. The van der Waals surface area contributed by atoms with E-state index in [1.807, 2.05) is 0 Å². The SMILES string of the molecule is C=CC(CCC(=O)OC(=O)CCC=CCOC(C)=O)OC(C)=O. The zero-order valence-corrected chi connectivity index (χ0v) is 13.4. The molecule has 23 heavy (non-hydrogen) atoms. The van der Waals surface area contributed by atoms with Crippen LogP contribution in [0.15, 0.2) is 24.8 Å². The second-order valence-electron chi connectivity index (χ2n) is 4.58.